The monoisotopic (exact) mass is 244 g/mol. The van der Waals surface area contributed by atoms with Gasteiger partial charge in [-0.2, -0.15) is 11.8 Å². The molecule has 1 heterocycles. The first-order chi connectivity index (χ1) is 6.95. The molecule has 0 N–H and O–H groups in total. The third-order valence-electron chi connectivity index (χ3n) is 1.98. The van der Waals surface area contributed by atoms with Gasteiger partial charge in [0.05, 0.1) is 10.7 Å². The molecule has 0 saturated carbocycles. The maximum Gasteiger partial charge on any atom is 0.179 e. The van der Waals surface area contributed by atoms with E-state index in [0.29, 0.717) is 10.2 Å². The molecular weight excluding hydrogens is 228 g/mol. The van der Waals surface area contributed by atoms with Crippen molar-refractivity contribution in [1.29, 1.82) is 0 Å². The topological polar surface area (TPSA) is 34.1 Å². The van der Waals surface area contributed by atoms with Crippen molar-refractivity contribution in [3.63, 3.8) is 0 Å². The van der Waals surface area contributed by atoms with E-state index in [9.17, 15) is 8.42 Å². The van der Waals surface area contributed by atoms with Crippen LogP contribution in [0.25, 0.3) is 0 Å². The summed E-state index contributed by atoms with van der Waals surface area (Å²) in [5.74, 6) is 1.23. The molecule has 0 radical (unpaired) electrons. The van der Waals surface area contributed by atoms with Gasteiger partial charge in [-0.3, -0.25) is 0 Å². The van der Waals surface area contributed by atoms with Gasteiger partial charge in [-0.1, -0.05) is 24.3 Å². The first-order valence-corrected chi connectivity index (χ1v) is 7.50. The predicted molar refractivity (Wildman–Crippen MR) is 67.7 cm³/mol. The van der Waals surface area contributed by atoms with E-state index >= 15 is 0 Å². The van der Waals surface area contributed by atoms with E-state index < -0.39 is 9.84 Å². The smallest absolute Gasteiger partial charge is 0.179 e. The van der Waals surface area contributed by atoms with Gasteiger partial charge in [-0.25, -0.2) is 8.42 Å². The normalized spacial score (nSPS) is 22.0. The van der Waals surface area contributed by atoms with E-state index in [1.54, 1.807) is 36.9 Å². The molecule has 1 aliphatic heterocycles. The van der Waals surface area contributed by atoms with E-state index in [1.807, 2.05) is 6.92 Å². The first-order valence-electron chi connectivity index (χ1n) is 4.80. The fourth-order valence-electron chi connectivity index (χ4n) is 1.11. The maximum atomic E-state index is 11.9. The molecule has 0 amide bonds. The zero-order valence-electron chi connectivity index (χ0n) is 9.06. The van der Waals surface area contributed by atoms with Gasteiger partial charge in [0, 0.05) is 11.0 Å². The third-order valence-corrected chi connectivity index (χ3v) is 5.10. The van der Waals surface area contributed by atoms with Crippen LogP contribution < -0.4 is 0 Å². The summed E-state index contributed by atoms with van der Waals surface area (Å²) in [6.07, 6.45) is 5.00. The predicted octanol–water partition coefficient (Wildman–Crippen LogP) is 2.55. The van der Waals surface area contributed by atoms with Crippen molar-refractivity contribution in [2.24, 2.45) is 0 Å². The number of rotatable bonds is 5. The van der Waals surface area contributed by atoms with Crippen LogP contribution in [0.3, 0.4) is 0 Å². The Balaban J connectivity index is 2.77. The number of thioether (sulfide) groups is 1. The van der Waals surface area contributed by atoms with Gasteiger partial charge in [-0.05, 0) is 19.9 Å². The van der Waals surface area contributed by atoms with Gasteiger partial charge in [-0.15, -0.1) is 0 Å². The SMILES string of the molecule is C=C(C)/C=C\C(=C/C)S(=O)(=O)CC1CS1. The van der Waals surface area contributed by atoms with Crippen molar-refractivity contribution < 1.29 is 8.42 Å². The molecule has 1 rings (SSSR count). The minimum Gasteiger partial charge on any atom is -0.224 e. The summed E-state index contributed by atoms with van der Waals surface area (Å²) in [5, 5.41) is 0.308. The average molecular weight is 244 g/mol. The molecule has 1 unspecified atom stereocenters. The highest BCUT2D eigenvalue weighted by Crippen LogP contribution is 2.32. The Hall–Kier alpha value is -0.480. The number of allylic oxidation sites excluding steroid dienone is 4. The minimum absolute atomic E-state index is 0.262. The highest BCUT2D eigenvalue weighted by Gasteiger charge is 2.30. The summed E-state index contributed by atoms with van der Waals surface area (Å²) < 4.78 is 23.7. The van der Waals surface area contributed by atoms with Crippen LogP contribution >= 0.6 is 11.8 Å². The van der Waals surface area contributed by atoms with Gasteiger partial charge in [0.15, 0.2) is 9.84 Å². The molecule has 0 spiro atoms. The van der Waals surface area contributed by atoms with Crippen LogP contribution in [-0.4, -0.2) is 25.2 Å². The van der Waals surface area contributed by atoms with Crippen molar-refractivity contribution in [3.05, 3.63) is 35.3 Å². The molecule has 15 heavy (non-hydrogen) atoms. The van der Waals surface area contributed by atoms with Crippen LogP contribution in [0.1, 0.15) is 13.8 Å². The zero-order chi connectivity index (χ0) is 11.5. The van der Waals surface area contributed by atoms with Crippen LogP contribution in [0.5, 0.6) is 0 Å². The summed E-state index contributed by atoms with van der Waals surface area (Å²) >= 11 is 1.70. The van der Waals surface area contributed by atoms with Gasteiger partial charge in [0.2, 0.25) is 0 Å². The van der Waals surface area contributed by atoms with E-state index in [0.717, 1.165) is 11.3 Å². The Morgan fingerprint density at radius 3 is 2.53 bits per heavy atom. The summed E-state index contributed by atoms with van der Waals surface area (Å²) in [4.78, 5) is 0.401. The largest absolute Gasteiger partial charge is 0.224 e. The highest BCUT2D eigenvalue weighted by molar-refractivity contribution is 8.08. The van der Waals surface area contributed by atoms with Crippen LogP contribution in [0.4, 0.5) is 0 Å². The lowest BCUT2D eigenvalue weighted by molar-refractivity contribution is 0.603. The Morgan fingerprint density at radius 1 is 1.53 bits per heavy atom. The highest BCUT2D eigenvalue weighted by atomic mass is 32.2. The second-order valence-corrected chi connectivity index (χ2v) is 6.98. The Labute approximate surface area is 96.1 Å². The Morgan fingerprint density at radius 2 is 2.13 bits per heavy atom. The van der Waals surface area contributed by atoms with Gasteiger partial charge in [0.1, 0.15) is 0 Å². The lowest BCUT2D eigenvalue weighted by Crippen LogP contribution is -2.11. The molecular formula is C11H16O2S2. The van der Waals surface area contributed by atoms with Crippen molar-refractivity contribution in [2.75, 3.05) is 11.5 Å². The Kier molecular flexibility index (Phi) is 4.22. The third kappa shape index (κ3) is 4.26. The minimum atomic E-state index is -3.09. The molecule has 1 atom stereocenters. The van der Waals surface area contributed by atoms with Crippen LogP contribution in [0.2, 0.25) is 0 Å². The van der Waals surface area contributed by atoms with E-state index in [4.69, 9.17) is 0 Å². The van der Waals surface area contributed by atoms with E-state index in [2.05, 4.69) is 6.58 Å². The van der Waals surface area contributed by atoms with Crippen molar-refractivity contribution >= 4 is 21.6 Å². The standard InChI is InChI=1S/C11H16O2S2/c1-4-11(6-5-9(2)3)15(12,13)8-10-7-14-10/h4-6,10H,2,7-8H2,1,3H3/b6-5-,11-4+. The van der Waals surface area contributed by atoms with E-state index in [-0.39, 0.29) is 5.75 Å². The lowest BCUT2D eigenvalue weighted by Gasteiger charge is -2.02. The molecule has 1 aliphatic rings. The van der Waals surface area contributed by atoms with Gasteiger partial charge in [0.25, 0.3) is 0 Å². The van der Waals surface area contributed by atoms with Gasteiger partial charge >= 0.3 is 0 Å². The maximum absolute atomic E-state index is 11.9. The molecule has 0 aliphatic carbocycles. The quantitative estimate of drug-likeness (QED) is 0.550. The summed E-state index contributed by atoms with van der Waals surface area (Å²) in [6, 6.07) is 0. The average Bonchev–Trinajstić information content (AvgIpc) is 2.87. The second kappa shape index (κ2) is 5.03. The van der Waals surface area contributed by atoms with Crippen molar-refractivity contribution in [3.8, 4) is 0 Å². The summed E-state index contributed by atoms with van der Waals surface area (Å²) in [5.41, 5.74) is 0.852. The molecule has 0 aromatic heterocycles. The molecule has 1 saturated heterocycles. The second-order valence-electron chi connectivity index (χ2n) is 3.61. The molecule has 84 valence electrons. The van der Waals surface area contributed by atoms with Crippen molar-refractivity contribution in [2.45, 2.75) is 19.1 Å². The zero-order valence-corrected chi connectivity index (χ0v) is 10.7. The van der Waals surface area contributed by atoms with Crippen LogP contribution in [-0.2, 0) is 9.84 Å². The number of sulfone groups is 1. The molecule has 0 aromatic rings. The number of hydrogen-bond acceptors (Lipinski definition) is 3. The fourth-order valence-corrected chi connectivity index (χ4v) is 3.87. The first kappa shape index (κ1) is 12.6. The van der Waals surface area contributed by atoms with Gasteiger partial charge < -0.3 is 0 Å². The molecule has 2 nitrogen and oxygen atoms in total. The summed E-state index contributed by atoms with van der Waals surface area (Å²) in [7, 11) is -3.09. The van der Waals surface area contributed by atoms with Crippen molar-refractivity contribution in [1.82, 2.24) is 0 Å². The Bertz CT molecular complexity index is 398. The molecule has 1 fully saturated rings. The van der Waals surface area contributed by atoms with Crippen LogP contribution in [0, 0.1) is 0 Å². The summed E-state index contributed by atoms with van der Waals surface area (Å²) in [6.45, 7) is 7.29. The molecule has 4 heteroatoms. The fraction of sp³-hybridized carbons (Fsp3) is 0.455. The lowest BCUT2D eigenvalue weighted by atomic mass is 10.3. The van der Waals surface area contributed by atoms with E-state index in [1.165, 1.54) is 0 Å². The number of hydrogen-bond donors (Lipinski definition) is 0. The van der Waals surface area contributed by atoms with Crippen LogP contribution in [0.15, 0.2) is 35.3 Å². The molecule has 0 bridgehead atoms. The molecule has 0 aromatic carbocycles.